The van der Waals surface area contributed by atoms with Crippen LogP contribution in [0.4, 0.5) is 0 Å². The topological polar surface area (TPSA) is 97.1 Å². The van der Waals surface area contributed by atoms with Crippen LogP contribution < -0.4 is 5.32 Å². The number of amides is 1. The van der Waals surface area contributed by atoms with E-state index in [0.717, 1.165) is 4.68 Å². The number of aliphatic carboxylic acids is 1. The molecule has 1 amide bonds. The number of nitrogens with one attached hydrogen (secondary N) is 1. The Morgan fingerprint density at radius 3 is 2.81 bits per heavy atom. The Kier molecular flexibility index (Phi) is 4.77. The number of hydrogen-bond donors (Lipinski definition) is 2. The molecule has 1 aromatic carbocycles. The largest absolute Gasteiger partial charge is 0.480 e. The van der Waals surface area contributed by atoms with Crippen LogP contribution in [0.2, 0.25) is 10.0 Å². The maximum absolute atomic E-state index is 12.0. The van der Waals surface area contributed by atoms with Crippen molar-refractivity contribution in [2.24, 2.45) is 0 Å². The molecule has 0 saturated heterocycles. The first-order valence-electron chi connectivity index (χ1n) is 5.80. The SMILES string of the molecule is O=C(O)Cn1cc(CNC(=O)c2cccc(Cl)c2Cl)nn1. The average Bonchev–Trinajstić information content (AvgIpc) is 2.86. The van der Waals surface area contributed by atoms with Gasteiger partial charge in [-0.15, -0.1) is 5.10 Å². The Balaban J connectivity index is 1.99. The molecule has 2 aromatic rings. The second-order valence-corrected chi connectivity index (χ2v) is 4.87. The Morgan fingerprint density at radius 1 is 1.33 bits per heavy atom. The summed E-state index contributed by atoms with van der Waals surface area (Å²) in [7, 11) is 0. The molecule has 0 radical (unpaired) electrons. The van der Waals surface area contributed by atoms with Crippen LogP contribution >= 0.6 is 23.2 Å². The van der Waals surface area contributed by atoms with Crippen LogP contribution in [0.15, 0.2) is 24.4 Å². The molecule has 0 atom stereocenters. The van der Waals surface area contributed by atoms with Crippen molar-refractivity contribution in [1.82, 2.24) is 20.3 Å². The number of carboxylic acids is 1. The molecule has 7 nitrogen and oxygen atoms in total. The molecule has 0 aliphatic carbocycles. The van der Waals surface area contributed by atoms with Gasteiger partial charge >= 0.3 is 5.97 Å². The van der Waals surface area contributed by atoms with Crippen LogP contribution in [-0.4, -0.2) is 32.0 Å². The number of nitrogens with zero attached hydrogens (tertiary/aromatic N) is 3. The van der Waals surface area contributed by atoms with Crippen molar-refractivity contribution < 1.29 is 14.7 Å². The summed E-state index contributed by atoms with van der Waals surface area (Å²) in [6.45, 7) is -0.192. The Morgan fingerprint density at radius 2 is 2.10 bits per heavy atom. The van der Waals surface area contributed by atoms with E-state index in [1.165, 1.54) is 6.20 Å². The number of carboxylic acid groups (broad SMARTS) is 1. The van der Waals surface area contributed by atoms with Gasteiger partial charge in [-0.2, -0.15) is 0 Å². The van der Waals surface area contributed by atoms with E-state index in [9.17, 15) is 9.59 Å². The lowest BCUT2D eigenvalue weighted by molar-refractivity contribution is -0.137. The molecule has 0 unspecified atom stereocenters. The number of hydrogen-bond acceptors (Lipinski definition) is 4. The fourth-order valence-corrected chi connectivity index (χ4v) is 1.97. The fourth-order valence-electron chi connectivity index (χ4n) is 1.58. The molecule has 0 spiro atoms. The third-order valence-corrected chi connectivity index (χ3v) is 3.33. The smallest absolute Gasteiger partial charge is 0.325 e. The summed E-state index contributed by atoms with van der Waals surface area (Å²) in [5.74, 6) is -1.43. The highest BCUT2D eigenvalue weighted by molar-refractivity contribution is 6.43. The monoisotopic (exact) mass is 328 g/mol. The Hall–Kier alpha value is -2.12. The highest BCUT2D eigenvalue weighted by atomic mass is 35.5. The summed E-state index contributed by atoms with van der Waals surface area (Å²) in [4.78, 5) is 22.5. The van der Waals surface area contributed by atoms with Crippen molar-refractivity contribution >= 4 is 35.1 Å². The first kappa shape index (κ1) is 15.3. The minimum Gasteiger partial charge on any atom is -0.480 e. The maximum atomic E-state index is 12.0. The standard InChI is InChI=1S/C12H10Cl2N4O3/c13-9-3-1-2-8(11(9)14)12(21)15-4-7-5-18(17-16-7)6-10(19)20/h1-3,5H,4,6H2,(H,15,21)(H,19,20). The first-order chi connectivity index (χ1) is 9.97. The number of aromatic nitrogens is 3. The molecular formula is C12H10Cl2N4O3. The molecule has 2 N–H and O–H groups in total. The summed E-state index contributed by atoms with van der Waals surface area (Å²) in [5.41, 5.74) is 0.685. The summed E-state index contributed by atoms with van der Waals surface area (Å²) in [5, 5.41) is 19.1. The summed E-state index contributed by atoms with van der Waals surface area (Å²) in [6, 6.07) is 4.75. The molecule has 9 heteroatoms. The van der Waals surface area contributed by atoms with E-state index in [-0.39, 0.29) is 28.7 Å². The molecule has 0 saturated carbocycles. The van der Waals surface area contributed by atoms with E-state index < -0.39 is 11.9 Å². The van der Waals surface area contributed by atoms with Crippen molar-refractivity contribution in [2.45, 2.75) is 13.1 Å². The van der Waals surface area contributed by atoms with Crippen LogP contribution in [0.25, 0.3) is 0 Å². The van der Waals surface area contributed by atoms with Gasteiger partial charge in [0.2, 0.25) is 0 Å². The molecular weight excluding hydrogens is 319 g/mol. The van der Waals surface area contributed by atoms with Gasteiger partial charge < -0.3 is 10.4 Å². The number of carbonyl (C=O) groups is 2. The van der Waals surface area contributed by atoms with Crippen molar-refractivity contribution in [3.63, 3.8) is 0 Å². The summed E-state index contributed by atoms with van der Waals surface area (Å²) in [6.07, 6.45) is 1.44. The lowest BCUT2D eigenvalue weighted by Crippen LogP contribution is -2.23. The molecule has 0 aliphatic heterocycles. The second kappa shape index (κ2) is 6.55. The van der Waals surface area contributed by atoms with E-state index >= 15 is 0 Å². The zero-order chi connectivity index (χ0) is 15.4. The van der Waals surface area contributed by atoms with Gasteiger partial charge in [0.25, 0.3) is 5.91 Å². The molecule has 2 rings (SSSR count). The van der Waals surface area contributed by atoms with Crippen LogP contribution in [0.1, 0.15) is 16.1 Å². The van der Waals surface area contributed by atoms with Gasteiger partial charge in [-0.05, 0) is 12.1 Å². The quantitative estimate of drug-likeness (QED) is 0.868. The maximum Gasteiger partial charge on any atom is 0.325 e. The van der Waals surface area contributed by atoms with Gasteiger partial charge in [0.1, 0.15) is 12.2 Å². The molecule has 0 aliphatic rings. The van der Waals surface area contributed by atoms with Crippen LogP contribution in [-0.2, 0) is 17.9 Å². The third-order valence-electron chi connectivity index (χ3n) is 2.51. The van der Waals surface area contributed by atoms with E-state index in [2.05, 4.69) is 15.6 Å². The van der Waals surface area contributed by atoms with Crippen LogP contribution in [0.3, 0.4) is 0 Å². The van der Waals surface area contributed by atoms with Gasteiger partial charge in [0.05, 0.1) is 28.4 Å². The predicted octanol–water partition coefficient (Wildman–Crippen LogP) is 1.60. The van der Waals surface area contributed by atoms with Crippen molar-refractivity contribution in [2.75, 3.05) is 0 Å². The van der Waals surface area contributed by atoms with Crippen molar-refractivity contribution in [1.29, 1.82) is 0 Å². The van der Waals surface area contributed by atoms with Crippen LogP contribution in [0, 0.1) is 0 Å². The van der Waals surface area contributed by atoms with Gasteiger partial charge in [-0.25, -0.2) is 4.68 Å². The van der Waals surface area contributed by atoms with Gasteiger partial charge in [-0.3, -0.25) is 9.59 Å². The molecule has 1 aromatic heterocycles. The van der Waals surface area contributed by atoms with Gasteiger partial charge in [0.15, 0.2) is 0 Å². The molecule has 0 fully saturated rings. The predicted molar refractivity (Wildman–Crippen MR) is 75.3 cm³/mol. The van der Waals surface area contributed by atoms with Crippen LogP contribution in [0.5, 0.6) is 0 Å². The third kappa shape index (κ3) is 3.93. The zero-order valence-electron chi connectivity index (χ0n) is 10.6. The first-order valence-corrected chi connectivity index (χ1v) is 6.56. The number of rotatable bonds is 5. The fraction of sp³-hybridized carbons (Fsp3) is 0.167. The Labute approximate surface area is 129 Å². The number of halogens is 2. The van der Waals surface area contributed by atoms with E-state index in [4.69, 9.17) is 28.3 Å². The van der Waals surface area contributed by atoms with Gasteiger partial charge in [-0.1, -0.05) is 34.5 Å². The minimum absolute atomic E-state index is 0.0985. The van der Waals surface area contributed by atoms with Crippen molar-refractivity contribution in [3.05, 3.63) is 45.7 Å². The molecule has 0 bridgehead atoms. The molecule has 21 heavy (non-hydrogen) atoms. The normalized spacial score (nSPS) is 10.4. The van der Waals surface area contributed by atoms with Gasteiger partial charge in [0, 0.05) is 0 Å². The number of carbonyl (C=O) groups excluding carboxylic acids is 1. The molecule has 110 valence electrons. The van der Waals surface area contributed by atoms with E-state index in [1.807, 2.05) is 0 Å². The average molecular weight is 329 g/mol. The lowest BCUT2D eigenvalue weighted by Gasteiger charge is -2.05. The highest BCUT2D eigenvalue weighted by Gasteiger charge is 2.13. The van der Waals surface area contributed by atoms with E-state index in [0.29, 0.717) is 5.69 Å². The second-order valence-electron chi connectivity index (χ2n) is 4.09. The number of benzene rings is 1. The Bertz CT molecular complexity index is 687. The van der Waals surface area contributed by atoms with E-state index in [1.54, 1.807) is 18.2 Å². The highest BCUT2D eigenvalue weighted by Crippen LogP contribution is 2.25. The minimum atomic E-state index is -1.03. The summed E-state index contributed by atoms with van der Waals surface area (Å²) < 4.78 is 1.16. The van der Waals surface area contributed by atoms with Crippen molar-refractivity contribution in [3.8, 4) is 0 Å². The lowest BCUT2D eigenvalue weighted by atomic mass is 10.2. The molecule has 1 heterocycles. The zero-order valence-corrected chi connectivity index (χ0v) is 12.1. The summed E-state index contributed by atoms with van der Waals surface area (Å²) >= 11 is 11.8.